The highest BCUT2D eigenvalue weighted by Gasteiger charge is 2.26. The van der Waals surface area contributed by atoms with E-state index in [4.69, 9.17) is 13.6 Å². The first-order valence-corrected chi connectivity index (χ1v) is 14.7. The maximum absolute atomic E-state index is 13.0. The van der Waals surface area contributed by atoms with E-state index in [1.54, 1.807) is 0 Å². The summed E-state index contributed by atoms with van der Waals surface area (Å²) in [5, 5.41) is 0. The van der Waals surface area contributed by atoms with Crippen LogP contribution in [0.5, 0.6) is 0 Å². The predicted molar refractivity (Wildman–Crippen MR) is 130 cm³/mol. The molecular formula is C25H53O4P. The molecule has 0 amide bonds. The standard InChI is InChI=1S/C25H53O4P/c1-4-7-10-13-16-19-22-25-29-30(26,27-23-20-17-14-11-8-5-2)28-24-21-18-15-12-9-6-3/h4-25H2,1-3H3. The molecule has 0 fully saturated rings. The molecule has 4 nitrogen and oxygen atoms in total. The molecule has 0 N–H and O–H groups in total. The molecule has 0 radical (unpaired) electrons. The fourth-order valence-corrected chi connectivity index (χ4v) is 4.75. The molecule has 0 saturated heterocycles. The second-order valence-corrected chi connectivity index (χ2v) is 10.3. The summed E-state index contributed by atoms with van der Waals surface area (Å²) < 4.78 is 30.0. The van der Waals surface area contributed by atoms with Crippen LogP contribution in [0.2, 0.25) is 0 Å². The molecule has 0 aromatic rings. The topological polar surface area (TPSA) is 44.8 Å². The lowest BCUT2D eigenvalue weighted by Crippen LogP contribution is -2.04. The molecule has 0 spiro atoms. The third kappa shape index (κ3) is 21.3. The average Bonchev–Trinajstić information content (AvgIpc) is 2.74. The van der Waals surface area contributed by atoms with E-state index in [2.05, 4.69) is 20.8 Å². The van der Waals surface area contributed by atoms with Crippen LogP contribution in [-0.2, 0) is 18.1 Å². The molecule has 0 aromatic carbocycles. The molecule has 0 aliphatic heterocycles. The van der Waals surface area contributed by atoms with Crippen molar-refractivity contribution in [1.29, 1.82) is 0 Å². The Morgan fingerprint density at radius 3 is 0.900 bits per heavy atom. The number of hydrogen-bond donors (Lipinski definition) is 0. The van der Waals surface area contributed by atoms with Gasteiger partial charge in [-0.15, -0.1) is 0 Å². The Bertz CT molecular complexity index is 354. The lowest BCUT2D eigenvalue weighted by Gasteiger charge is -2.18. The van der Waals surface area contributed by atoms with E-state index >= 15 is 0 Å². The van der Waals surface area contributed by atoms with Crippen molar-refractivity contribution in [1.82, 2.24) is 0 Å². The summed E-state index contributed by atoms with van der Waals surface area (Å²) in [6, 6.07) is 0. The number of rotatable bonds is 25. The Morgan fingerprint density at radius 1 is 0.400 bits per heavy atom. The van der Waals surface area contributed by atoms with Gasteiger partial charge in [0.1, 0.15) is 0 Å². The largest absolute Gasteiger partial charge is 0.474 e. The molecule has 0 aliphatic carbocycles. The van der Waals surface area contributed by atoms with Crippen LogP contribution < -0.4 is 0 Å². The van der Waals surface area contributed by atoms with Gasteiger partial charge >= 0.3 is 7.82 Å². The van der Waals surface area contributed by atoms with Crippen molar-refractivity contribution in [2.24, 2.45) is 0 Å². The normalized spacial score (nSPS) is 12.0. The van der Waals surface area contributed by atoms with Crippen LogP contribution in [0.25, 0.3) is 0 Å². The lowest BCUT2D eigenvalue weighted by atomic mass is 10.1. The van der Waals surface area contributed by atoms with Gasteiger partial charge in [0.15, 0.2) is 0 Å². The van der Waals surface area contributed by atoms with E-state index in [0.29, 0.717) is 19.8 Å². The SMILES string of the molecule is CCCCCCCCCOP(=O)(OCCCCCCCC)OCCCCCCCC. The molecule has 30 heavy (non-hydrogen) atoms. The molecule has 0 rings (SSSR count). The van der Waals surface area contributed by atoms with Crippen LogP contribution in [0.1, 0.15) is 143 Å². The average molecular weight is 449 g/mol. The van der Waals surface area contributed by atoms with Gasteiger partial charge in [-0.05, 0) is 19.3 Å². The van der Waals surface area contributed by atoms with Crippen LogP contribution in [-0.4, -0.2) is 19.8 Å². The highest BCUT2D eigenvalue weighted by Crippen LogP contribution is 2.50. The second-order valence-electron chi connectivity index (χ2n) is 8.60. The first-order valence-electron chi connectivity index (χ1n) is 13.2. The Labute approximate surface area is 188 Å². The maximum atomic E-state index is 13.0. The summed E-state index contributed by atoms with van der Waals surface area (Å²) in [6.07, 6.45) is 22.7. The third-order valence-electron chi connectivity index (χ3n) is 5.49. The molecule has 0 unspecified atom stereocenters. The number of hydrogen-bond acceptors (Lipinski definition) is 4. The van der Waals surface area contributed by atoms with E-state index < -0.39 is 7.82 Å². The molecule has 5 heteroatoms. The maximum Gasteiger partial charge on any atom is 0.474 e. The van der Waals surface area contributed by atoms with Gasteiger partial charge in [0, 0.05) is 0 Å². The minimum atomic E-state index is -3.41. The van der Waals surface area contributed by atoms with Crippen molar-refractivity contribution < 1.29 is 18.1 Å². The molecule has 0 aromatic heterocycles. The summed E-state index contributed by atoms with van der Waals surface area (Å²) in [4.78, 5) is 0. The molecular weight excluding hydrogens is 395 g/mol. The van der Waals surface area contributed by atoms with Crippen molar-refractivity contribution in [3.05, 3.63) is 0 Å². The Kier molecular flexibility index (Phi) is 23.9. The van der Waals surface area contributed by atoms with Crippen LogP contribution >= 0.6 is 7.82 Å². The number of phosphoric ester groups is 1. The van der Waals surface area contributed by atoms with Crippen molar-refractivity contribution in [2.45, 2.75) is 143 Å². The monoisotopic (exact) mass is 448 g/mol. The zero-order valence-corrected chi connectivity index (χ0v) is 21.5. The van der Waals surface area contributed by atoms with E-state index in [1.165, 1.54) is 83.5 Å². The molecule has 0 saturated carbocycles. The van der Waals surface area contributed by atoms with Crippen molar-refractivity contribution in [3.8, 4) is 0 Å². The zero-order chi connectivity index (χ0) is 22.2. The molecule has 0 heterocycles. The molecule has 0 aliphatic rings. The van der Waals surface area contributed by atoms with E-state index in [9.17, 15) is 4.57 Å². The van der Waals surface area contributed by atoms with Gasteiger partial charge in [0.05, 0.1) is 19.8 Å². The Morgan fingerprint density at radius 2 is 0.633 bits per heavy atom. The molecule has 0 bridgehead atoms. The molecule has 0 atom stereocenters. The number of unbranched alkanes of at least 4 members (excludes halogenated alkanes) is 16. The van der Waals surface area contributed by atoms with Gasteiger partial charge in [-0.1, -0.05) is 124 Å². The van der Waals surface area contributed by atoms with E-state index in [1.807, 2.05) is 0 Å². The van der Waals surface area contributed by atoms with Crippen molar-refractivity contribution in [2.75, 3.05) is 19.8 Å². The fourth-order valence-electron chi connectivity index (χ4n) is 3.46. The quantitative estimate of drug-likeness (QED) is 0.103. The summed E-state index contributed by atoms with van der Waals surface area (Å²) >= 11 is 0. The number of phosphoric acid groups is 1. The van der Waals surface area contributed by atoms with E-state index in [0.717, 1.165) is 38.5 Å². The minimum Gasteiger partial charge on any atom is -0.287 e. The van der Waals surface area contributed by atoms with Crippen molar-refractivity contribution in [3.63, 3.8) is 0 Å². The van der Waals surface area contributed by atoms with Gasteiger partial charge in [-0.25, -0.2) is 4.57 Å². The van der Waals surface area contributed by atoms with Gasteiger partial charge in [-0.2, -0.15) is 0 Å². The summed E-state index contributed by atoms with van der Waals surface area (Å²) in [5.41, 5.74) is 0. The van der Waals surface area contributed by atoms with E-state index in [-0.39, 0.29) is 0 Å². The Balaban J connectivity index is 4.05. The van der Waals surface area contributed by atoms with Crippen molar-refractivity contribution >= 4 is 7.82 Å². The Hall–Kier alpha value is 0.110. The minimum absolute atomic E-state index is 0.469. The van der Waals surface area contributed by atoms with Crippen LogP contribution in [0.4, 0.5) is 0 Å². The van der Waals surface area contributed by atoms with Gasteiger partial charge in [0.2, 0.25) is 0 Å². The second kappa shape index (κ2) is 23.8. The summed E-state index contributed by atoms with van der Waals surface area (Å²) in [7, 11) is -3.41. The highest BCUT2D eigenvalue weighted by molar-refractivity contribution is 7.48. The highest BCUT2D eigenvalue weighted by atomic mass is 31.2. The van der Waals surface area contributed by atoms with Gasteiger partial charge in [-0.3, -0.25) is 13.6 Å². The van der Waals surface area contributed by atoms with Crippen LogP contribution in [0, 0.1) is 0 Å². The third-order valence-corrected chi connectivity index (χ3v) is 6.99. The predicted octanol–water partition coefficient (Wildman–Crippen LogP) is 9.62. The molecule has 182 valence electrons. The smallest absolute Gasteiger partial charge is 0.287 e. The summed E-state index contributed by atoms with van der Waals surface area (Å²) in [6.45, 7) is 8.10. The zero-order valence-electron chi connectivity index (χ0n) is 20.6. The first kappa shape index (κ1) is 30.1. The first-order chi connectivity index (χ1) is 14.7. The van der Waals surface area contributed by atoms with Gasteiger partial charge in [0.25, 0.3) is 0 Å². The van der Waals surface area contributed by atoms with Gasteiger partial charge < -0.3 is 0 Å². The van der Waals surface area contributed by atoms with Crippen LogP contribution in [0.3, 0.4) is 0 Å². The van der Waals surface area contributed by atoms with Crippen LogP contribution in [0.15, 0.2) is 0 Å². The lowest BCUT2D eigenvalue weighted by molar-refractivity contribution is 0.108. The summed E-state index contributed by atoms with van der Waals surface area (Å²) in [5.74, 6) is 0. The fraction of sp³-hybridized carbons (Fsp3) is 1.00.